The molecule has 36 valence electrons. The van der Waals surface area contributed by atoms with E-state index < -0.39 is 0 Å². The molecule has 0 spiro atoms. The Labute approximate surface area is 66.1 Å². The zero-order valence-corrected chi connectivity index (χ0v) is 8.36. The fourth-order valence-corrected chi connectivity index (χ4v) is 0.589. The molecule has 0 saturated heterocycles. The summed E-state index contributed by atoms with van der Waals surface area (Å²) in [4.78, 5) is 0. The zero-order valence-electron chi connectivity index (χ0n) is 3.76. The van der Waals surface area contributed by atoms with Crippen molar-refractivity contribution >= 4 is 23.7 Å². The van der Waals surface area contributed by atoms with Crippen molar-refractivity contribution in [1.29, 1.82) is 0 Å². The zero-order chi connectivity index (χ0) is 3.54. The average Bonchev–Trinajstić information content (AvgIpc) is 1.76. The van der Waals surface area contributed by atoms with Crippen LogP contribution in [-0.4, -0.2) is 0 Å². The van der Waals surface area contributed by atoms with Gasteiger partial charge in [0.25, 0.3) is 0 Å². The molecule has 0 aliphatic heterocycles. The molecule has 0 aliphatic rings. The fourth-order valence-electron chi connectivity index (χ4n) is 0.196. The molecule has 1 aromatic heterocycles. The summed E-state index contributed by atoms with van der Waals surface area (Å²) in [6.07, 6.45) is 0. The van der Waals surface area contributed by atoms with Crippen LogP contribution in [0, 0.1) is 6.07 Å². The van der Waals surface area contributed by atoms with Crippen LogP contribution in [0.3, 0.4) is 0 Å². The van der Waals surface area contributed by atoms with Crippen LogP contribution in [0.2, 0.25) is 0 Å². The van der Waals surface area contributed by atoms with Crippen LogP contribution >= 0.6 is 23.7 Å². The quantitative estimate of drug-likeness (QED) is 0.428. The van der Waals surface area contributed by atoms with Crippen molar-refractivity contribution in [3.63, 3.8) is 0 Å². The van der Waals surface area contributed by atoms with Crippen LogP contribution in [-0.2, 0) is 19.5 Å². The van der Waals surface area contributed by atoms with Gasteiger partial charge in [-0.15, -0.1) is 17.8 Å². The number of hydrogen-bond acceptors (Lipinski definition) is 1. The molecular weight excluding hydrogens is 181 g/mol. The second-order valence-corrected chi connectivity index (χ2v) is 1.50. The number of hydrogen-bond donors (Lipinski definition) is 0. The molecule has 0 aromatic carbocycles. The standard InChI is InChI=1S/C4H3S.ClH.Zn/c1-2-4-5-3-1;;/h1,3-4H;1H;/q-1;;. The van der Waals surface area contributed by atoms with Crippen LogP contribution in [0.15, 0.2) is 16.8 Å². The maximum absolute atomic E-state index is 2.88. The summed E-state index contributed by atoms with van der Waals surface area (Å²) in [5, 5.41) is 3.90. The maximum atomic E-state index is 2.88. The van der Waals surface area contributed by atoms with E-state index in [1.54, 1.807) is 11.3 Å². The molecular formula is C4H4ClSZn-. The molecule has 1 rings (SSSR count). The fraction of sp³-hybridized carbons (Fsp3) is 0. The van der Waals surface area contributed by atoms with Gasteiger partial charge in [-0.25, -0.2) is 12.1 Å². The molecule has 0 aliphatic carbocycles. The first-order valence-electron chi connectivity index (χ1n) is 1.38. The van der Waals surface area contributed by atoms with Gasteiger partial charge in [0, 0.05) is 19.5 Å². The monoisotopic (exact) mass is 183 g/mol. The van der Waals surface area contributed by atoms with Crippen molar-refractivity contribution in [2.24, 2.45) is 0 Å². The van der Waals surface area contributed by atoms with Gasteiger partial charge in [0.2, 0.25) is 0 Å². The van der Waals surface area contributed by atoms with E-state index in [-0.39, 0.29) is 31.9 Å². The summed E-state index contributed by atoms with van der Waals surface area (Å²) in [6.45, 7) is 0. The van der Waals surface area contributed by atoms with Gasteiger partial charge in [-0.3, -0.25) is 11.3 Å². The minimum absolute atomic E-state index is 0. The minimum Gasteiger partial charge on any atom is -0.273 e. The molecule has 3 heteroatoms. The Kier molecular flexibility index (Phi) is 9.98. The predicted molar refractivity (Wildman–Crippen MR) is 30.4 cm³/mol. The van der Waals surface area contributed by atoms with E-state index in [9.17, 15) is 0 Å². The Morgan fingerprint density at radius 3 is 2.29 bits per heavy atom. The first kappa shape index (κ1) is 10.6. The second kappa shape index (κ2) is 6.61. The molecule has 0 unspecified atom stereocenters. The van der Waals surface area contributed by atoms with E-state index in [1.165, 1.54) is 0 Å². The summed E-state index contributed by atoms with van der Waals surface area (Å²) >= 11 is 1.66. The second-order valence-electron chi connectivity index (χ2n) is 0.723. The predicted octanol–water partition coefficient (Wildman–Crippen LogP) is 1.97. The molecule has 0 radical (unpaired) electrons. The Hall–Kier alpha value is 0.613. The molecule has 0 atom stereocenters. The van der Waals surface area contributed by atoms with Gasteiger partial charge in [-0.2, -0.15) is 5.38 Å². The third-order valence-corrected chi connectivity index (χ3v) is 0.944. The van der Waals surface area contributed by atoms with Crippen LogP contribution < -0.4 is 0 Å². The van der Waals surface area contributed by atoms with Crippen LogP contribution in [0.5, 0.6) is 0 Å². The molecule has 7 heavy (non-hydrogen) atoms. The molecule has 0 nitrogen and oxygen atoms in total. The molecule has 0 N–H and O–H groups in total. The van der Waals surface area contributed by atoms with Crippen molar-refractivity contribution in [3.05, 3.63) is 22.9 Å². The van der Waals surface area contributed by atoms with E-state index in [0.29, 0.717) is 0 Å². The Morgan fingerprint density at radius 1 is 1.43 bits per heavy atom. The van der Waals surface area contributed by atoms with Crippen molar-refractivity contribution in [2.75, 3.05) is 0 Å². The smallest absolute Gasteiger partial charge is 0 e. The largest absolute Gasteiger partial charge is 0.273 e. The van der Waals surface area contributed by atoms with Crippen LogP contribution in [0.4, 0.5) is 0 Å². The van der Waals surface area contributed by atoms with Gasteiger partial charge in [-0.1, -0.05) is 0 Å². The summed E-state index contributed by atoms with van der Waals surface area (Å²) < 4.78 is 0. The number of rotatable bonds is 0. The Bertz CT molecular complexity index is 68.2. The molecule has 0 amide bonds. The third-order valence-electron chi connectivity index (χ3n) is 0.379. The maximum Gasteiger partial charge on any atom is 0 e. The minimum atomic E-state index is 0. The van der Waals surface area contributed by atoms with E-state index in [1.807, 2.05) is 16.8 Å². The molecule has 0 fully saturated rings. The average molecular weight is 185 g/mol. The van der Waals surface area contributed by atoms with Crippen molar-refractivity contribution in [2.45, 2.75) is 0 Å². The summed E-state index contributed by atoms with van der Waals surface area (Å²) in [6, 6.07) is 4.77. The molecule has 0 bridgehead atoms. The van der Waals surface area contributed by atoms with Crippen LogP contribution in [0.25, 0.3) is 0 Å². The van der Waals surface area contributed by atoms with Crippen LogP contribution in [0.1, 0.15) is 0 Å². The molecule has 1 aromatic rings. The first-order valence-corrected chi connectivity index (χ1v) is 2.32. The van der Waals surface area contributed by atoms with Gasteiger partial charge in [0.15, 0.2) is 0 Å². The first-order chi connectivity index (χ1) is 2.50. The van der Waals surface area contributed by atoms with Gasteiger partial charge < -0.3 is 0 Å². The molecule has 1 heterocycles. The summed E-state index contributed by atoms with van der Waals surface area (Å²) in [5.74, 6) is 0. The molecule has 0 saturated carbocycles. The Morgan fingerprint density at radius 2 is 2.14 bits per heavy atom. The van der Waals surface area contributed by atoms with E-state index >= 15 is 0 Å². The van der Waals surface area contributed by atoms with Crippen molar-refractivity contribution in [3.8, 4) is 0 Å². The van der Waals surface area contributed by atoms with Gasteiger partial charge in [-0.05, 0) is 0 Å². The van der Waals surface area contributed by atoms with Gasteiger partial charge in [0.05, 0.1) is 0 Å². The summed E-state index contributed by atoms with van der Waals surface area (Å²) in [7, 11) is 0. The SMILES string of the molecule is Cl.[Zn].[c-]1ccsc1. The summed E-state index contributed by atoms with van der Waals surface area (Å²) in [5.41, 5.74) is 0. The Balaban J connectivity index is 0. The van der Waals surface area contributed by atoms with Crippen molar-refractivity contribution < 1.29 is 19.5 Å². The van der Waals surface area contributed by atoms with E-state index in [2.05, 4.69) is 6.07 Å². The van der Waals surface area contributed by atoms with Gasteiger partial charge >= 0.3 is 0 Å². The van der Waals surface area contributed by atoms with E-state index in [4.69, 9.17) is 0 Å². The number of halogens is 1. The number of thiophene rings is 1. The normalized spacial score (nSPS) is 5.71. The van der Waals surface area contributed by atoms with Crippen molar-refractivity contribution in [1.82, 2.24) is 0 Å². The topological polar surface area (TPSA) is 0 Å². The third kappa shape index (κ3) is 4.47. The van der Waals surface area contributed by atoms with Gasteiger partial charge in [0.1, 0.15) is 0 Å². The van der Waals surface area contributed by atoms with E-state index in [0.717, 1.165) is 0 Å².